The molecule has 0 N–H and O–H groups in total. The zero-order valence-corrected chi connectivity index (χ0v) is 12.1. The molecular weight excluding hydrogens is 277 g/mol. The van der Waals surface area contributed by atoms with Crippen LogP contribution in [0, 0.1) is 0 Å². The van der Waals surface area contributed by atoms with Gasteiger partial charge in [0.05, 0.1) is 19.3 Å². The second-order valence-electron chi connectivity index (χ2n) is 4.76. The van der Waals surface area contributed by atoms with Gasteiger partial charge in [-0.1, -0.05) is 6.07 Å². The van der Waals surface area contributed by atoms with Gasteiger partial charge in [-0.2, -0.15) is 0 Å². The van der Waals surface area contributed by atoms with E-state index in [9.17, 15) is 9.18 Å². The van der Waals surface area contributed by atoms with Gasteiger partial charge in [0.2, 0.25) is 0 Å². The fraction of sp³-hybridized carbons (Fsp3) is 0.533. The number of likely N-dealkylation sites (tertiary alicyclic amines) is 1. The number of hydrogen-bond donors (Lipinski definition) is 0. The van der Waals surface area contributed by atoms with Crippen LogP contribution < -0.4 is 4.74 Å². The minimum Gasteiger partial charge on any atom is -0.491 e. The molecule has 1 saturated heterocycles. The van der Waals surface area contributed by atoms with Crippen LogP contribution in [0.4, 0.5) is 4.39 Å². The molecular formula is C15H20FNO4. The van der Waals surface area contributed by atoms with Gasteiger partial charge in [0.15, 0.2) is 0 Å². The minimum absolute atomic E-state index is 0.0502. The van der Waals surface area contributed by atoms with Crippen molar-refractivity contribution >= 4 is 5.91 Å². The third-order valence-corrected chi connectivity index (χ3v) is 3.20. The number of rotatable bonds is 8. The molecule has 1 aliphatic heterocycles. The maximum atomic E-state index is 12.2. The van der Waals surface area contributed by atoms with Gasteiger partial charge in [-0.15, -0.1) is 0 Å². The predicted molar refractivity (Wildman–Crippen MR) is 75.4 cm³/mol. The van der Waals surface area contributed by atoms with E-state index in [1.807, 2.05) is 0 Å². The van der Waals surface area contributed by atoms with Crippen LogP contribution in [0.2, 0.25) is 0 Å². The van der Waals surface area contributed by atoms with E-state index >= 15 is 0 Å². The second kappa shape index (κ2) is 7.95. The van der Waals surface area contributed by atoms with Crippen molar-refractivity contribution in [2.75, 3.05) is 46.7 Å². The van der Waals surface area contributed by atoms with Crippen molar-refractivity contribution in [2.24, 2.45) is 0 Å². The first-order chi connectivity index (χ1) is 10.2. The summed E-state index contributed by atoms with van der Waals surface area (Å²) in [4.78, 5) is 13.9. The van der Waals surface area contributed by atoms with Gasteiger partial charge in [0.25, 0.3) is 5.91 Å². The number of methoxy groups -OCH3 is 1. The summed E-state index contributed by atoms with van der Waals surface area (Å²) < 4.78 is 27.6. The molecule has 1 aliphatic rings. The Morgan fingerprint density at radius 2 is 2.14 bits per heavy atom. The molecule has 0 unspecified atom stereocenters. The summed E-state index contributed by atoms with van der Waals surface area (Å²) in [5.41, 5.74) is 0.578. The fourth-order valence-corrected chi connectivity index (χ4v) is 2.06. The molecule has 21 heavy (non-hydrogen) atoms. The van der Waals surface area contributed by atoms with Crippen molar-refractivity contribution < 1.29 is 23.4 Å². The monoisotopic (exact) mass is 297 g/mol. The third kappa shape index (κ3) is 4.41. The van der Waals surface area contributed by atoms with E-state index in [4.69, 9.17) is 14.2 Å². The average Bonchev–Trinajstić information content (AvgIpc) is 2.46. The molecule has 116 valence electrons. The molecule has 1 aromatic rings. The smallest absolute Gasteiger partial charge is 0.254 e. The van der Waals surface area contributed by atoms with Gasteiger partial charge in [-0.3, -0.25) is 4.79 Å². The number of benzene rings is 1. The molecule has 0 radical (unpaired) electrons. The van der Waals surface area contributed by atoms with Crippen molar-refractivity contribution in [2.45, 2.75) is 6.10 Å². The Bertz CT molecular complexity index is 463. The summed E-state index contributed by atoms with van der Waals surface area (Å²) in [6.45, 7) is 1.55. The van der Waals surface area contributed by atoms with E-state index in [0.717, 1.165) is 0 Å². The molecule has 5 nitrogen and oxygen atoms in total. The summed E-state index contributed by atoms with van der Waals surface area (Å²) in [5.74, 6) is 0.580. The van der Waals surface area contributed by atoms with Crippen LogP contribution in [0.1, 0.15) is 10.4 Å². The summed E-state index contributed by atoms with van der Waals surface area (Å²) >= 11 is 0. The summed E-state index contributed by atoms with van der Waals surface area (Å²) in [5, 5.41) is 0. The Labute approximate surface area is 123 Å². The zero-order valence-electron chi connectivity index (χ0n) is 12.1. The standard InChI is InChI=1S/C15H20FNO4/c1-19-7-8-21-13-4-2-3-12(9-13)15(18)17-10-14(11-17)20-6-5-16/h2-4,9,14H,5-8,10-11H2,1H3. The van der Waals surface area contributed by atoms with Crippen LogP contribution in [-0.4, -0.2) is 63.6 Å². The van der Waals surface area contributed by atoms with Crippen molar-refractivity contribution in [3.8, 4) is 5.75 Å². The molecule has 0 spiro atoms. The van der Waals surface area contributed by atoms with Crippen molar-refractivity contribution in [1.82, 2.24) is 4.90 Å². The highest BCUT2D eigenvalue weighted by Gasteiger charge is 2.31. The maximum Gasteiger partial charge on any atom is 0.254 e. The number of alkyl halides is 1. The lowest BCUT2D eigenvalue weighted by atomic mass is 10.1. The number of amides is 1. The van der Waals surface area contributed by atoms with Gasteiger partial charge >= 0.3 is 0 Å². The van der Waals surface area contributed by atoms with Gasteiger partial charge in [0.1, 0.15) is 19.0 Å². The normalized spacial score (nSPS) is 14.9. The lowest BCUT2D eigenvalue weighted by molar-refractivity contribution is -0.0456. The zero-order chi connectivity index (χ0) is 15.1. The quantitative estimate of drug-likeness (QED) is 0.683. The van der Waals surface area contributed by atoms with Crippen LogP contribution in [0.3, 0.4) is 0 Å². The average molecular weight is 297 g/mol. The van der Waals surface area contributed by atoms with Crippen LogP contribution >= 0.6 is 0 Å². The van der Waals surface area contributed by atoms with Crippen LogP contribution in [0.25, 0.3) is 0 Å². The highest BCUT2D eigenvalue weighted by Crippen LogP contribution is 2.19. The molecule has 2 rings (SSSR count). The van der Waals surface area contributed by atoms with Gasteiger partial charge in [0, 0.05) is 25.8 Å². The Morgan fingerprint density at radius 3 is 2.86 bits per heavy atom. The topological polar surface area (TPSA) is 48.0 Å². The highest BCUT2D eigenvalue weighted by atomic mass is 19.1. The van der Waals surface area contributed by atoms with Crippen LogP contribution in [-0.2, 0) is 9.47 Å². The van der Waals surface area contributed by atoms with Gasteiger partial charge in [-0.05, 0) is 18.2 Å². The number of carbonyl (C=O) groups is 1. The fourth-order valence-electron chi connectivity index (χ4n) is 2.06. The molecule has 0 aliphatic carbocycles. The lowest BCUT2D eigenvalue weighted by Crippen LogP contribution is -2.54. The first-order valence-corrected chi connectivity index (χ1v) is 6.93. The number of carbonyl (C=O) groups excluding carboxylic acids is 1. The second-order valence-corrected chi connectivity index (χ2v) is 4.76. The number of ether oxygens (including phenoxy) is 3. The van der Waals surface area contributed by atoms with Gasteiger partial charge < -0.3 is 19.1 Å². The third-order valence-electron chi connectivity index (χ3n) is 3.20. The summed E-state index contributed by atoms with van der Waals surface area (Å²) in [6.07, 6.45) is -0.0502. The predicted octanol–water partition coefficient (Wildman–Crippen LogP) is 1.52. The minimum atomic E-state index is -0.495. The Morgan fingerprint density at radius 1 is 1.33 bits per heavy atom. The van der Waals surface area contributed by atoms with E-state index in [0.29, 0.717) is 37.6 Å². The molecule has 1 aromatic carbocycles. The van der Waals surface area contributed by atoms with Gasteiger partial charge in [-0.25, -0.2) is 4.39 Å². The molecule has 0 aromatic heterocycles. The molecule has 6 heteroatoms. The van der Waals surface area contributed by atoms with E-state index in [2.05, 4.69) is 0 Å². The Balaban J connectivity index is 1.84. The summed E-state index contributed by atoms with van der Waals surface area (Å²) in [7, 11) is 1.61. The van der Waals surface area contributed by atoms with Crippen LogP contribution in [0.15, 0.2) is 24.3 Å². The van der Waals surface area contributed by atoms with Crippen LogP contribution in [0.5, 0.6) is 5.75 Å². The molecule has 1 fully saturated rings. The molecule has 0 bridgehead atoms. The highest BCUT2D eigenvalue weighted by molar-refractivity contribution is 5.95. The molecule has 0 atom stereocenters. The molecule has 1 heterocycles. The maximum absolute atomic E-state index is 12.2. The number of hydrogen-bond acceptors (Lipinski definition) is 4. The SMILES string of the molecule is COCCOc1cccc(C(=O)N2CC(OCCF)C2)c1. The largest absolute Gasteiger partial charge is 0.491 e. The van der Waals surface area contributed by atoms with Crippen molar-refractivity contribution in [1.29, 1.82) is 0 Å². The number of nitrogens with zero attached hydrogens (tertiary/aromatic N) is 1. The lowest BCUT2D eigenvalue weighted by Gasteiger charge is -2.38. The first-order valence-electron chi connectivity index (χ1n) is 6.93. The molecule has 1 amide bonds. The Hall–Kier alpha value is -1.66. The summed E-state index contributed by atoms with van der Waals surface area (Å²) in [6, 6.07) is 7.05. The first kappa shape index (κ1) is 15.7. The van der Waals surface area contributed by atoms with E-state index in [1.165, 1.54) is 0 Å². The van der Waals surface area contributed by atoms with E-state index in [1.54, 1.807) is 36.3 Å². The Kier molecular flexibility index (Phi) is 5.95. The van der Waals surface area contributed by atoms with E-state index < -0.39 is 6.67 Å². The van der Waals surface area contributed by atoms with Crippen molar-refractivity contribution in [3.63, 3.8) is 0 Å². The number of halogens is 1. The molecule has 0 saturated carbocycles. The van der Waals surface area contributed by atoms with E-state index in [-0.39, 0.29) is 18.6 Å². The van der Waals surface area contributed by atoms with Crippen molar-refractivity contribution in [3.05, 3.63) is 29.8 Å².